The molecule has 3 amide bonds. The molecule has 2 fully saturated rings. The highest BCUT2D eigenvalue weighted by Crippen LogP contribution is 2.33. The first-order chi connectivity index (χ1) is 13.4. The van der Waals surface area contributed by atoms with E-state index in [2.05, 4.69) is 15.3 Å². The Hall–Kier alpha value is -2.58. The number of benzene rings is 1. The highest BCUT2D eigenvalue weighted by Gasteiger charge is 2.48. The summed E-state index contributed by atoms with van der Waals surface area (Å²) >= 11 is 5.90. The van der Waals surface area contributed by atoms with Crippen LogP contribution in [0.4, 0.5) is 16.2 Å². The maximum atomic E-state index is 12.7. The molecular weight excluding hydrogens is 380 g/mol. The monoisotopic (exact) mass is 402 g/mol. The Balaban J connectivity index is 1.48. The van der Waals surface area contributed by atoms with Gasteiger partial charge < -0.3 is 15.1 Å². The molecule has 2 saturated heterocycles. The van der Waals surface area contributed by atoms with Crippen molar-refractivity contribution in [2.75, 3.05) is 43.4 Å². The first-order valence-electron chi connectivity index (χ1n) is 9.18. The molecule has 0 radical (unpaired) electrons. The zero-order valence-corrected chi connectivity index (χ0v) is 16.7. The number of halogens is 1. The lowest BCUT2D eigenvalue weighted by Gasteiger charge is -2.46. The van der Waals surface area contributed by atoms with Gasteiger partial charge in [-0.3, -0.25) is 14.4 Å². The minimum atomic E-state index is -0.263. The summed E-state index contributed by atoms with van der Waals surface area (Å²) in [5.74, 6) is 0.0465. The number of nitrogens with one attached hydrogen (secondary N) is 1. The highest BCUT2D eigenvalue weighted by atomic mass is 35.5. The molecule has 1 atom stereocenters. The second-order valence-electron chi connectivity index (χ2n) is 7.54. The summed E-state index contributed by atoms with van der Waals surface area (Å²) in [4.78, 5) is 31.0. The molecule has 0 bridgehead atoms. The molecule has 1 spiro atoms. The van der Waals surface area contributed by atoms with E-state index in [-0.39, 0.29) is 17.5 Å². The number of piperazine rings is 1. The lowest BCUT2D eigenvalue weighted by atomic mass is 9.93. The lowest BCUT2D eigenvalue weighted by Crippen LogP contribution is -2.64. The van der Waals surface area contributed by atoms with Crippen molar-refractivity contribution >= 4 is 34.9 Å². The molecule has 1 aromatic carbocycles. The molecule has 4 rings (SSSR count). The van der Waals surface area contributed by atoms with Crippen molar-refractivity contribution in [2.24, 2.45) is 7.05 Å². The number of carbonyl (C=O) groups is 2. The fourth-order valence-electron chi connectivity index (χ4n) is 3.95. The Bertz CT molecular complexity index is 898. The number of anilines is 2. The number of likely N-dealkylation sites (tertiary alicyclic amines) is 1. The van der Waals surface area contributed by atoms with Crippen molar-refractivity contribution in [1.82, 2.24) is 19.6 Å². The van der Waals surface area contributed by atoms with Crippen LogP contribution < -0.4 is 10.2 Å². The lowest BCUT2D eigenvalue weighted by molar-refractivity contribution is -0.123. The first-order valence-corrected chi connectivity index (χ1v) is 9.56. The molecule has 1 aromatic heterocycles. The predicted molar refractivity (Wildman–Crippen MR) is 108 cm³/mol. The van der Waals surface area contributed by atoms with Gasteiger partial charge in [0.25, 0.3) is 0 Å². The van der Waals surface area contributed by atoms with Crippen LogP contribution in [-0.2, 0) is 11.8 Å². The molecule has 2 aliphatic rings. The molecule has 148 valence electrons. The molecule has 28 heavy (non-hydrogen) atoms. The zero-order valence-electron chi connectivity index (χ0n) is 15.9. The number of nitrogens with zero attached hydrogens (tertiary/aromatic N) is 5. The molecule has 2 aliphatic heterocycles. The summed E-state index contributed by atoms with van der Waals surface area (Å²) in [6, 6.07) is 6.91. The van der Waals surface area contributed by atoms with Gasteiger partial charge >= 0.3 is 6.03 Å². The van der Waals surface area contributed by atoms with Crippen LogP contribution in [0.3, 0.4) is 0 Å². The van der Waals surface area contributed by atoms with E-state index in [1.165, 1.54) is 0 Å². The van der Waals surface area contributed by atoms with Crippen LogP contribution in [0.1, 0.15) is 6.42 Å². The van der Waals surface area contributed by atoms with Gasteiger partial charge in [-0.15, -0.1) is 0 Å². The molecule has 0 saturated carbocycles. The van der Waals surface area contributed by atoms with Crippen LogP contribution >= 0.6 is 11.6 Å². The molecule has 3 heterocycles. The first kappa shape index (κ1) is 18.8. The number of carbonyl (C=O) groups excluding carboxylic acids is 2. The number of aromatic nitrogens is 2. The van der Waals surface area contributed by atoms with Gasteiger partial charge in [-0.2, -0.15) is 5.10 Å². The Morgan fingerprint density at radius 2 is 1.96 bits per heavy atom. The van der Waals surface area contributed by atoms with E-state index in [0.717, 1.165) is 12.1 Å². The smallest absolute Gasteiger partial charge is 0.321 e. The van der Waals surface area contributed by atoms with Crippen LogP contribution in [0.2, 0.25) is 5.02 Å². The number of rotatable bonds is 2. The summed E-state index contributed by atoms with van der Waals surface area (Å²) < 4.78 is 1.69. The Morgan fingerprint density at radius 3 is 2.64 bits per heavy atom. The Morgan fingerprint density at radius 1 is 1.21 bits per heavy atom. The van der Waals surface area contributed by atoms with E-state index in [1.54, 1.807) is 40.0 Å². The topological polar surface area (TPSA) is 73.7 Å². The summed E-state index contributed by atoms with van der Waals surface area (Å²) in [6.07, 6.45) is 4.36. The van der Waals surface area contributed by atoms with Crippen molar-refractivity contribution < 1.29 is 9.59 Å². The SMILES string of the molecule is CN1CC(=O)N(c2cnn(C)c2)C[C@]12CCN(C(=O)Nc1ccc(Cl)cc1)C2. The minimum Gasteiger partial charge on any atom is -0.323 e. The third-order valence-corrected chi connectivity index (χ3v) is 5.91. The second-order valence-corrected chi connectivity index (χ2v) is 7.98. The summed E-state index contributed by atoms with van der Waals surface area (Å²) in [5, 5.41) is 7.73. The number of hydrogen-bond donors (Lipinski definition) is 1. The highest BCUT2D eigenvalue weighted by molar-refractivity contribution is 6.30. The Kier molecular flexibility index (Phi) is 4.76. The van der Waals surface area contributed by atoms with Crippen molar-refractivity contribution in [1.29, 1.82) is 0 Å². The van der Waals surface area contributed by atoms with Gasteiger partial charge in [0, 0.05) is 43.6 Å². The molecular formula is C19H23ClN6O2. The number of aryl methyl sites for hydroxylation is 1. The standard InChI is InChI=1S/C19H23ClN6O2/c1-23-11-17(27)26(16-9-21-24(2)10-16)13-19(23)7-8-25(12-19)18(28)22-15-5-3-14(20)4-6-15/h3-6,9-10H,7-8,11-13H2,1-2H3,(H,22,28)/t19-/m1/s1. The number of urea groups is 1. The van der Waals surface area contributed by atoms with Gasteiger partial charge in [-0.1, -0.05) is 11.6 Å². The number of hydrogen-bond acceptors (Lipinski definition) is 4. The quantitative estimate of drug-likeness (QED) is 0.834. The van der Waals surface area contributed by atoms with Gasteiger partial charge in [-0.05, 0) is 37.7 Å². The second kappa shape index (κ2) is 7.10. The van der Waals surface area contributed by atoms with E-state index < -0.39 is 0 Å². The maximum Gasteiger partial charge on any atom is 0.321 e. The average Bonchev–Trinajstić information content (AvgIpc) is 3.28. The Labute approximate surface area is 168 Å². The van der Waals surface area contributed by atoms with Gasteiger partial charge in [0.2, 0.25) is 5.91 Å². The normalized spacial score (nSPS) is 22.9. The van der Waals surface area contributed by atoms with E-state index in [1.807, 2.05) is 25.2 Å². The van der Waals surface area contributed by atoms with Gasteiger partial charge in [0.05, 0.1) is 24.0 Å². The van der Waals surface area contributed by atoms with E-state index in [4.69, 9.17) is 11.6 Å². The molecule has 2 aromatic rings. The third kappa shape index (κ3) is 3.45. The summed E-state index contributed by atoms with van der Waals surface area (Å²) in [5.41, 5.74) is 1.24. The predicted octanol–water partition coefficient (Wildman–Crippen LogP) is 2.03. The largest absolute Gasteiger partial charge is 0.323 e. The molecule has 1 N–H and O–H groups in total. The fourth-order valence-corrected chi connectivity index (χ4v) is 4.07. The van der Waals surface area contributed by atoms with Crippen molar-refractivity contribution in [3.8, 4) is 0 Å². The van der Waals surface area contributed by atoms with Crippen LogP contribution in [0.15, 0.2) is 36.7 Å². The number of amides is 3. The van der Waals surface area contributed by atoms with E-state index in [0.29, 0.717) is 36.9 Å². The van der Waals surface area contributed by atoms with Crippen LogP contribution in [0.25, 0.3) is 0 Å². The van der Waals surface area contributed by atoms with Gasteiger partial charge in [0.15, 0.2) is 0 Å². The third-order valence-electron chi connectivity index (χ3n) is 5.65. The summed E-state index contributed by atoms with van der Waals surface area (Å²) in [6.45, 7) is 2.06. The summed E-state index contributed by atoms with van der Waals surface area (Å²) in [7, 11) is 3.79. The molecule has 0 unspecified atom stereocenters. The van der Waals surface area contributed by atoms with Crippen molar-refractivity contribution in [3.63, 3.8) is 0 Å². The minimum absolute atomic E-state index is 0.0465. The average molecular weight is 403 g/mol. The molecule has 8 nitrogen and oxygen atoms in total. The van der Waals surface area contributed by atoms with Crippen LogP contribution in [0, 0.1) is 0 Å². The van der Waals surface area contributed by atoms with E-state index >= 15 is 0 Å². The van der Waals surface area contributed by atoms with Crippen molar-refractivity contribution in [3.05, 3.63) is 41.7 Å². The molecule has 9 heteroatoms. The van der Waals surface area contributed by atoms with Crippen LogP contribution in [-0.4, -0.2) is 70.3 Å². The van der Waals surface area contributed by atoms with Gasteiger partial charge in [-0.25, -0.2) is 4.79 Å². The fraction of sp³-hybridized carbons (Fsp3) is 0.421. The van der Waals surface area contributed by atoms with Crippen molar-refractivity contribution in [2.45, 2.75) is 12.0 Å². The zero-order chi connectivity index (χ0) is 19.9. The van der Waals surface area contributed by atoms with Gasteiger partial charge in [0.1, 0.15) is 0 Å². The van der Waals surface area contributed by atoms with E-state index in [9.17, 15) is 9.59 Å². The number of likely N-dealkylation sites (N-methyl/N-ethyl adjacent to an activating group) is 1. The van der Waals surface area contributed by atoms with Crippen LogP contribution in [0.5, 0.6) is 0 Å². The maximum absolute atomic E-state index is 12.7. The molecule has 0 aliphatic carbocycles.